The maximum atomic E-state index is 12.2. The highest BCUT2D eigenvalue weighted by atomic mass is 16.8. The van der Waals surface area contributed by atoms with E-state index >= 15 is 0 Å². The van der Waals surface area contributed by atoms with Crippen molar-refractivity contribution in [2.75, 3.05) is 7.11 Å². The van der Waals surface area contributed by atoms with Crippen LogP contribution in [0.1, 0.15) is 17.2 Å². The van der Waals surface area contributed by atoms with E-state index in [2.05, 4.69) is 4.84 Å². The molecule has 10 nitrogen and oxygen atoms in total. The molecule has 140 valence electrons. The molecule has 1 atom stereocenters. The molecule has 0 spiro atoms. The molecule has 0 bridgehead atoms. The fraction of sp³-hybridized carbons (Fsp3) is 0.176. The highest BCUT2D eigenvalue weighted by Gasteiger charge is 2.32. The molecule has 0 heterocycles. The van der Waals surface area contributed by atoms with Gasteiger partial charge in [-0.25, -0.2) is 9.63 Å². The van der Waals surface area contributed by atoms with Gasteiger partial charge in [0.05, 0.1) is 21.8 Å². The Morgan fingerprint density at radius 2 is 1.67 bits per heavy atom. The summed E-state index contributed by atoms with van der Waals surface area (Å²) in [7, 11) is 1.15. The summed E-state index contributed by atoms with van der Waals surface area (Å²) >= 11 is 0. The van der Waals surface area contributed by atoms with Crippen LogP contribution < -0.4 is 0 Å². The minimum atomic E-state index is -1.86. The van der Waals surface area contributed by atoms with Crippen LogP contribution in [0.5, 0.6) is 0 Å². The Labute approximate surface area is 152 Å². The highest BCUT2D eigenvalue weighted by Crippen LogP contribution is 2.28. The third-order valence-corrected chi connectivity index (χ3v) is 3.58. The van der Waals surface area contributed by atoms with Gasteiger partial charge in [-0.15, -0.1) is 0 Å². The van der Waals surface area contributed by atoms with Crippen molar-refractivity contribution in [3.63, 3.8) is 0 Å². The first-order valence-corrected chi connectivity index (χ1v) is 7.60. The Kier molecular flexibility index (Phi) is 6.15. The first-order chi connectivity index (χ1) is 12.8. The van der Waals surface area contributed by atoms with Gasteiger partial charge in [0.1, 0.15) is 0 Å². The number of carbonyl (C=O) groups is 2. The van der Waals surface area contributed by atoms with Gasteiger partial charge in [-0.3, -0.25) is 14.9 Å². The molecule has 0 saturated heterocycles. The lowest BCUT2D eigenvalue weighted by Gasteiger charge is -2.14. The number of para-hydroxylation sites is 2. The van der Waals surface area contributed by atoms with Gasteiger partial charge in [0.2, 0.25) is 6.10 Å². The molecule has 0 aliphatic carbocycles. The van der Waals surface area contributed by atoms with E-state index < -0.39 is 35.1 Å². The molecule has 0 saturated carbocycles. The van der Waals surface area contributed by atoms with Gasteiger partial charge in [-0.1, -0.05) is 30.3 Å². The van der Waals surface area contributed by atoms with Crippen molar-refractivity contribution < 1.29 is 34.1 Å². The molecule has 0 radical (unpaired) electrons. The van der Waals surface area contributed by atoms with Crippen LogP contribution >= 0.6 is 0 Å². The van der Waals surface area contributed by atoms with E-state index in [0.29, 0.717) is 0 Å². The van der Waals surface area contributed by atoms with Crippen molar-refractivity contribution in [3.8, 4) is 0 Å². The van der Waals surface area contributed by atoms with E-state index in [-0.39, 0.29) is 21.7 Å². The number of aliphatic carboxylic acids is 1. The van der Waals surface area contributed by atoms with E-state index in [1.807, 2.05) is 0 Å². The zero-order chi connectivity index (χ0) is 20.0. The number of hydrogen-bond donors (Lipinski definition) is 1. The van der Waals surface area contributed by atoms with Crippen molar-refractivity contribution in [1.29, 1.82) is 0 Å². The SMILES string of the molecule is CO[N+](=O)c1ccccc1CC(=O)OC(C(=O)O)c1ccccc1[N+](=O)[O-]. The van der Waals surface area contributed by atoms with E-state index in [4.69, 9.17) is 4.74 Å². The molecule has 1 unspecified atom stereocenters. The molecule has 27 heavy (non-hydrogen) atoms. The number of hydrogen-bond acceptors (Lipinski definition) is 7. The fourth-order valence-electron chi connectivity index (χ4n) is 2.39. The number of esters is 1. The lowest BCUT2D eigenvalue weighted by Crippen LogP contribution is -2.21. The predicted molar refractivity (Wildman–Crippen MR) is 90.0 cm³/mol. The average molecular weight is 375 g/mol. The third kappa shape index (κ3) is 4.63. The molecule has 2 aromatic carbocycles. The number of carboxylic acid groups (broad SMARTS) is 1. The molecule has 0 aromatic heterocycles. The zero-order valence-electron chi connectivity index (χ0n) is 14.1. The van der Waals surface area contributed by atoms with Gasteiger partial charge < -0.3 is 9.84 Å². The summed E-state index contributed by atoms with van der Waals surface area (Å²) in [4.78, 5) is 50.5. The standard InChI is InChI=1S/C17H14N2O8/c1-26-19(25)13-8-4-2-6-11(13)10-15(20)27-16(17(21)22)12-7-3-5-9-14(12)18(23)24/h2-9,16H,10H2,1H3/p+1. The van der Waals surface area contributed by atoms with Crippen LogP contribution in [0.25, 0.3) is 0 Å². The number of ether oxygens (including phenoxy) is 1. The maximum Gasteiger partial charge on any atom is 0.350 e. The first-order valence-electron chi connectivity index (χ1n) is 7.60. The molecule has 2 rings (SSSR count). The smallest absolute Gasteiger partial charge is 0.350 e. The molecule has 0 aliphatic rings. The Morgan fingerprint density at radius 1 is 1.07 bits per heavy atom. The molecule has 0 fully saturated rings. The van der Waals surface area contributed by atoms with Gasteiger partial charge in [-0.2, -0.15) is 0 Å². The summed E-state index contributed by atoms with van der Waals surface area (Å²) in [5.74, 6) is -2.54. The lowest BCUT2D eigenvalue weighted by atomic mass is 10.1. The second kappa shape index (κ2) is 8.52. The lowest BCUT2D eigenvalue weighted by molar-refractivity contribution is -0.737. The number of nitro benzene ring substituents is 1. The second-order valence-corrected chi connectivity index (χ2v) is 5.27. The number of carboxylic acids is 1. The third-order valence-electron chi connectivity index (χ3n) is 3.58. The minimum Gasteiger partial charge on any atom is -0.478 e. The van der Waals surface area contributed by atoms with Gasteiger partial charge in [0, 0.05) is 17.7 Å². The normalized spacial score (nSPS) is 11.3. The van der Waals surface area contributed by atoms with Crippen molar-refractivity contribution in [2.45, 2.75) is 12.5 Å². The van der Waals surface area contributed by atoms with E-state index in [9.17, 15) is 29.7 Å². The van der Waals surface area contributed by atoms with Crippen LogP contribution in [0.2, 0.25) is 0 Å². The van der Waals surface area contributed by atoms with E-state index in [0.717, 1.165) is 13.2 Å². The summed E-state index contributed by atoms with van der Waals surface area (Å²) in [6.45, 7) is 0. The fourth-order valence-corrected chi connectivity index (χ4v) is 2.39. The van der Waals surface area contributed by atoms with Gasteiger partial charge in [0.25, 0.3) is 10.6 Å². The zero-order valence-corrected chi connectivity index (χ0v) is 14.1. The Balaban J connectivity index is 2.27. The Hall–Kier alpha value is -3.82. The van der Waals surface area contributed by atoms with Crippen molar-refractivity contribution in [1.82, 2.24) is 0 Å². The highest BCUT2D eigenvalue weighted by molar-refractivity contribution is 5.82. The summed E-state index contributed by atoms with van der Waals surface area (Å²) < 4.78 is 4.96. The van der Waals surface area contributed by atoms with Gasteiger partial charge in [-0.05, 0) is 6.07 Å². The largest absolute Gasteiger partial charge is 0.478 e. The topological polar surface area (TPSA) is 136 Å². The van der Waals surface area contributed by atoms with Crippen molar-refractivity contribution in [2.24, 2.45) is 0 Å². The van der Waals surface area contributed by atoms with Crippen LogP contribution in [0.4, 0.5) is 11.4 Å². The average Bonchev–Trinajstić information content (AvgIpc) is 2.65. The molecule has 10 heteroatoms. The molecule has 1 N–H and O–H groups in total. The maximum absolute atomic E-state index is 12.2. The molecule has 0 amide bonds. The molecule has 0 aliphatic heterocycles. The van der Waals surface area contributed by atoms with Crippen LogP contribution in [0, 0.1) is 15.0 Å². The summed E-state index contributed by atoms with van der Waals surface area (Å²) in [6.07, 6.45) is -2.29. The van der Waals surface area contributed by atoms with Crippen LogP contribution in [0.15, 0.2) is 48.5 Å². The number of benzene rings is 2. The van der Waals surface area contributed by atoms with Crippen molar-refractivity contribution in [3.05, 3.63) is 74.7 Å². The van der Waals surface area contributed by atoms with Crippen LogP contribution in [0.3, 0.4) is 0 Å². The number of nitrogens with zero attached hydrogens (tertiary/aromatic N) is 2. The predicted octanol–water partition coefficient (Wildman–Crippen LogP) is 2.48. The van der Waals surface area contributed by atoms with Gasteiger partial charge >= 0.3 is 17.6 Å². The molecular formula is C17H15N2O8+. The molecular weight excluding hydrogens is 360 g/mol. The second-order valence-electron chi connectivity index (χ2n) is 5.27. The van der Waals surface area contributed by atoms with E-state index in [1.165, 1.54) is 30.3 Å². The minimum absolute atomic E-state index is 0.0505. The number of nitro groups is 1. The quantitative estimate of drug-likeness (QED) is 0.422. The van der Waals surface area contributed by atoms with Crippen LogP contribution in [-0.2, 0) is 25.6 Å². The van der Waals surface area contributed by atoms with Crippen LogP contribution in [-0.4, -0.2) is 34.0 Å². The molecule has 2 aromatic rings. The Morgan fingerprint density at radius 3 is 2.26 bits per heavy atom. The van der Waals surface area contributed by atoms with Crippen molar-refractivity contribution >= 4 is 23.3 Å². The number of rotatable bonds is 8. The van der Waals surface area contributed by atoms with E-state index in [1.54, 1.807) is 12.1 Å². The van der Waals surface area contributed by atoms with Gasteiger partial charge in [0.15, 0.2) is 7.11 Å². The summed E-state index contributed by atoms with van der Waals surface area (Å²) in [5, 5.41) is 20.4. The first kappa shape index (κ1) is 19.5. The number of carbonyl (C=O) groups excluding carboxylic acids is 1. The summed E-state index contributed by atoms with van der Waals surface area (Å²) in [6, 6.07) is 11.1. The monoisotopic (exact) mass is 375 g/mol. The summed E-state index contributed by atoms with van der Waals surface area (Å²) in [5.41, 5.74) is -0.456. The Bertz CT molecular complexity index is 896.